The molecule has 0 radical (unpaired) electrons. The van der Waals surface area contributed by atoms with Crippen LogP contribution in [0.1, 0.15) is 42.9 Å². The first kappa shape index (κ1) is 22.7. The van der Waals surface area contributed by atoms with Crippen LogP contribution in [0.3, 0.4) is 0 Å². The van der Waals surface area contributed by atoms with E-state index in [0.29, 0.717) is 24.6 Å². The summed E-state index contributed by atoms with van der Waals surface area (Å²) in [6.07, 6.45) is 2.15. The quantitative estimate of drug-likeness (QED) is 0.340. The number of para-hydroxylation sites is 1. The van der Waals surface area contributed by atoms with Gasteiger partial charge in [-0.2, -0.15) is 0 Å². The van der Waals surface area contributed by atoms with Crippen LogP contribution in [0.25, 0.3) is 10.9 Å². The molecule has 3 nitrogen and oxygen atoms in total. The molecule has 5 heteroatoms. The van der Waals surface area contributed by atoms with Crippen molar-refractivity contribution in [2.75, 3.05) is 6.54 Å². The summed E-state index contributed by atoms with van der Waals surface area (Å²) in [6, 6.07) is 21.0. The molecule has 0 spiro atoms. The summed E-state index contributed by atoms with van der Waals surface area (Å²) < 4.78 is 30.4. The van der Waals surface area contributed by atoms with Crippen LogP contribution in [-0.4, -0.2) is 17.0 Å². The molecule has 1 aromatic heterocycles. The van der Waals surface area contributed by atoms with Crippen molar-refractivity contribution >= 4 is 16.8 Å². The van der Waals surface area contributed by atoms with Crippen LogP contribution in [0.15, 0.2) is 79.0 Å². The zero-order chi connectivity index (χ0) is 23.4. The van der Waals surface area contributed by atoms with Gasteiger partial charge < -0.3 is 9.88 Å². The van der Waals surface area contributed by atoms with Crippen molar-refractivity contribution in [2.24, 2.45) is 5.92 Å². The van der Waals surface area contributed by atoms with Crippen LogP contribution in [0.4, 0.5) is 8.78 Å². The lowest BCUT2D eigenvalue weighted by atomic mass is 9.87. The maximum atomic E-state index is 14.9. The summed E-state index contributed by atoms with van der Waals surface area (Å²) in [5.74, 6) is -0.804. The molecule has 3 aromatic carbocycles. The highest BCUT2D eigenvalue weighted by molar-refractivity contribution is 5.86. The van der Waals surface area contributed by atoms with Crippen molar-refractivity contribution in [3.05, 3.63) is 107 Å². The molecule has 0 aliphatic rings. The standard InChI is InChI=1S/C28H28F2N2O/c1-19(2)16-31-28(33)15-24(22-7-3-5-9-26(22)30)25-18-32(27-10-6-4-8-23(25)27)17-20-11-13-21(29)14-12-20/h3-14,18-19,24H,15-17H2,1-2H3,(H,31,33)/t24-/m1/s1. The second kappa shape index (κ2) is 9.99. The molecule has 33 heavy (non-hydrogen) atoms. The van der Waals surface area contributed by atoms with Crippen molar-refractivity contribution in [3.63, 3.8) is 0 Å². The summed E-state index contributed by atoms with van der Waals surface area (Å²) in [6.45, 7) is 5.20. The molecule has 4 aromatic rings. The molecule has 1 atom stereocenters. The molecular formula is C28H28F2N2O. The Morgan fingerprint density at radius 2 is 1.61 bits per heavy atom. The summed E-state index contributed by atoms with van der Waals surface area (Å²) in [7, 11) is 0. The van der Waals surface area contributed by atoms with Crippen LogP contribution in [0, 0.1) is 17.6 Å². The highest BCUT2D eigenvalue weighted by Crippen LogP contribution is 2.36. The average molecular weight is 447 g/mol. The lowest BCUT2D eigenvalue weighted by Gasteiger charge is -2.18. The number of hydrogen-bond donors (Lipinski definition) is 1. The van der Waals surface area contributed by atoms with E-state index in [0.717, 1.165) is 22.0 Å². The number of fused-ring (bicyclic) bond motifs is 1. The van der Waals surface area contributed by atoms with Gasteiger partial charge in [0.2, 0.25) is 5.91 Å². The van der Waals surface area contributed by atoms with Gasteiger partial charge in [0.15, 0.2) is 0 Å². The van der Waals surface area contributed by atoms with Gasteiger partial charge in [0.05, 0.1) is 0 Å². The molecule has 1 amide bonds. The highest BCUT2D eigenvalue weighted by atomic mass is 19.1. The fourth-order valence-electron chi connectivity index (χ4n) is 4.19. The Kier molecular flexibility index (Phi) is 6.87. The van der Waals surface area contributed by atoms with Gasteiger partial charge in [-0.3, -0.25) is 4.79 Å². The number of amides is 1. The van der Waals surface area contributed by atoms with Crippen molar-refractivity contribution in [2.45, 2.75) is 32.7 Å². The minimum absolute atomic E-state index is 0.104. The van der Waals surface area contributed by atoms with E-state index in [1.807, 2.05) is 44.3 Å². The zero-order valence-corrected chi connectivity index (χ0v) is 18.9. The van der Waals surface area contributed by atoms with Crippen molar-refractivity contribution < 1.29 is 13.6 Å². The lowest BCUT2D eigenvalue weighted by molar-refractivity contribution is -0.121. The molecule has 4 rings (SSSR count). The first-order chi connectivity index (χ1) is 15.9. The molecule has 0 saturated heterocycles. The number of benzene rings is 3. The summed E-state index contributed by atoms with van der Waals surface area (Å²) in [5, 5.41) is 3.94. The first-order valence-corrected chi connectivity index (χ1v) is 11.3. The van der Waals surface area contributed by atoms with E-state index in [9.17, 15) is 13.6 Å². The van der Waals surface area contributed by atoms with Crippen LogP contribution in [0.2, 0.25) is 0 Å². The van der Waals surface area contributed by atoms with Gasteiger partial charge in [0.1, 0.15) is 11.6 Å². The van der Waals surface area contributed by atoms with E-state index in [1.54, 1.807) is 30.3 Å². The van der Waals surface area contributed by atoms with E-state index in [4.69, 9.17) is 0 Å². The van der Waals surface area contributed by atoms with Gasteiger partial charge in [0.25, 0.3) is 0 Å². The molecule has 0 aliphatic carbocycles. The Morgan fingerprint density at radius 3 is 2.33 bits per heavy atom. The van der Waals surface area contributed by atoms with Crippen molar-refractivity contribution in [3.8, 4) is 0 Å². The fraction of sp³-hybridized carbons (Fsp3) is 0.250. The smallest absolute Gasteiger partial charge is 0.220 e. The molecule has 0 saturated carbocycles. The first-order valence-electron chi connectivity index (χ1n) is 11.3. The Hall–Kier alpha value is -3.47. The molecule has 0 unspecified atom stereocenters. The largest absolute Gasteiger partial charge is 0.356 e. The predicted molar refractivity (Wildman–Crippen MR) is 128 cm³/mol. The third-order valence-corrected chi connectivity index (χ3v) is 5.84. The number of nitrogens with one attached hydrogen (secondary N) is 1. The SMILES string of the molecule is CC(C)CNC(=O)C[C@H](c1ccccc1F)c1cn(Cc2ccc(F)cc2)c2ccccc12. The molecule has 170 valence electrons. The summed E-state index contributed by atoms with van der Waals surface area (Å²) in [4.78, 5) is 12.8. The molecular weight excluding hydrogens is 418 g/mol. The van der Waals surface area contributed by atoms with E-state index >= 15 is 0 Å². The van der Waals surface area contributed by atoms with Gasteiger partial charge in [-0.05, 0) is 46.9 Å². The minimum Gasteiger partial charge on any atom is -0.356 e. The maximum Gasteiger partial charge on any atom is 0.220 e. The summed E-state index contributed by atoms with van der Waals surface area (Å²) in [5.41, 5.74) is 3.35. The van der Waals surface area contributed by atoms with E-state index in [1.165, 1.54) is 18.2 Å². The molecule has 1 heterocycles. The number of rotatable bonds is 8. The van der Waals surface area contributed by atoms with Gasteiger partial charge >= 0.3 is 0 Å². The predicted octanol–water partition coefficient (Wildman–Crippen LogP) is 6.26. The van der Waals surface area contributed by atoms with Gasteiger partial charge in [0, 0.05) is 42.5 Å². The Morgan fingerprint density at radius 1 is 0.909 bits per heavy atom. The van der Waals surface area contributed by atoms with Crippen molar-refractivity contribution in [1.29, 1.82) is 0 Å². The molecule has 0 bridgehead atoms. The average Bonchev–Trinajstić information content (AvgIpc) is 3.16. The minimum atomic E-state index is -0.433. The topological polar surface area (TPSA) is 34.0 Å². The number of carbonyl (C=O) groups excluding carboxylic acids is 1. The maximum absolute atomic E-state index is 14.9. The molecule has 0 fully saturated rings. The van der Waals surface area contributed by atoms with Gasteiger partial charge in [-0.1, -0.05) is 62.4 Å². The Bertz CT molecular complexity index is 1240. The van der Waals surface area contributed by atoms with Gasteiger partial charge in [-0.15, -0.1) is 0 Å². The second-order valence-electron chi connectivity index (χ2n) is 8.83. The normalized spacial score (nSPS) is 12.3. The van der Waals surface area contributed by atoms with Gasteiger partial charge in [-0.25, -0.2) is 8.78 Å². The second-order valence-corrected chi connectivity index (χ2v) is 8.83. The number of hydrogen-bond acceptors (Lipinski definition) is 1. The van der Waals surface area contributed by atoms with Crippen LogP contribution in [0.5, 0.6) is 0 Å². The lowest BCUT2D eigenvalue weighted by Crippen LogP contribution is -2.29. The van der Waals surface area contributed by atoms with Crippen molar-refractivity contribution in [1.82, 2.24) is 9.88 Å². The van der Waals surface area contributed by atoms with Crippen LogP contribution < -0.4 is 5.32 Å². The van der Waals surface area contributed by atoms with Crippen LogP contribution >= 0.6 is 0 Å². The Labute approximate surface area is 193 Å². The molecule has 0 aliphatic heterocycles. The highest BCUT2D eigenvalue weighted by Gasteiger charge is 2.25. The van der Waals surface area contributed by atoms with E-state index < -0.39 is 5.92 Å². The monoisotopic (exact) mass is 446 g/mol. The number of halogens is 2. The Balaban J connectivity index is 1.77. The number of nitrogens with zero attached hydrogens (tertiary/aromatic N) is 1. The summed E-state index contributed by atoms with van der Waals surface area (Å²) >= 11 is 0. The number of carbonyl (C=O) groups is 1. The van der Waals surface area contributed by atoms with Crippen LogP contribution in [-0.2, 0) is 11.3 Å². The van der Waals surface area contributed by atoms with E-state index in [-0.39, 0.29) is 24.0 Å². The van der Waals surface area contributed by atoms with E-state index in [2.05, 4.69) is 9.88 Å². The number of aromatic nitrogens is 1. The fourth-order valence-corrected chi connectivity index (χ4v) is 4.19. The third kappa shape index (κ3) is 5.30. The third-order valence-electron chi connectivity index (χ3n) is 5.84. The zero-order valence-electron chi connectivity index (χ0n) is 18.9. The molecule has 1 N–H and O–H groups in total.